The van der Waals surface area contributed by atoms with Crippen LogP contribution in [0, 0.1) is 0 Å². The second kappa shape index (κ2) is 31.2. The predicted octanol–water partition coefficient (Wildman–Crippen LogP) is 11.1. The van der Waals surface area contributed by atoms with Crippen LogP contribution in [0.1, 0.15) is 82.9 Å². The summed E-state index contributed by atoms with van der Waals surface area (Å²) in [5.74, 6) is -7.27. The average Bonchev–Trinajstić information content (AvgIpc) is 1.10. The number of carbonyl (C=O) groups is 8. The molecule has 32 heteroatoms. The van der Waals surface area contributed by atoms with Gasteiger partial charge in [0, 0.05) is 22.3 Å². The molecule has 0 saturated carbocycles. The number of nitrogens with one attached hydrogen (secondary N) is 4. The highest BCUT2D eigenvalue weighted by molar-refractivity contribution is 5.98. The first-order valence-electron chi connectivity index (χ1n) is 30.2. The zero-order chi connectivity index (χ0) is 73.6. The number of carboxylic acids is 8. The molecule has 0 spiro atoms. The first kappa shape index (κ1) is 69.6. The lowest BCUT2D eigenvalue weighted by atomic mass is 9.92. The van der Waals surface area contributed by atoms with Crippen molar-refractivity contribution >= 4 is 47.8 Å². The number of carboxylic acid groups (broad SMARTS) is 8. The molecule has 14 aromatic rings. The Morgan fingerprint density at radius 3 is 0.548 bits per heavy atom. The molecule has 512 valence electrons. The molecular formula is C72H48N16O16. The fourth-order valence-corrected chi connectivity index (χ4v) is 10.2. The first-order valence-corrected chi connectivity index (χ1v) is 30.2. The number of nitrogens with zero attached hydrogens (tertiary/aromatic N) is 12. The molecule has 104 heavy (non-hydrogen) atoms. The SMILES string of the molecule is O=C(O)c1cc(C(=O)O)cc(-c2ccc(-c3nn[nH]n3)cc2)c1.O=C(O)c1cc(C(=O)O)cc(-c2nn[nH]n2)c1.O=C(O)c1ccc(-c2cc(-c3ccc(C(=O)O)cc3)cc(-c3ccc(-c4nn[nH]n4)cc3)c2)cc1.O=C(O)c1ccc(-c2cc(-c3ccc(C(=O)O)cc3)cc(-c3nn[nH]n3)c2)cc1. The zero-order valence-electron chi connectivity index (χ0n) is 53.0. The van der Waals surface area contributed by atoms with E-state index in [1.165, 1.54) is 24.3 Å². The van der Waals surface area contributed by atoms with Crippen molar-refractivity contribution in [2.45, 2.75) is 0 Å². The lowest BCUT2D eigenvalue weighted by Crippen LogP contribution is -2.03. The fraction of sp³-hybridized carbons (Fsp3) is 0. The van der Waals surface area contributed by atoms with Crippen LogP contribution in [0.2, 0.25) is 0 Å². The third kappa shape index (κ3) is 17.0. The number of aromatic carboxylic acids is 8. The lowest BCUT2D eigenvalue weighted by molar-refractivity contribution is 0.0676. The van der Waals surface area contributed by atoms with Gasteiger partial charge in [-0.15, -0.1) is 40.8 Å². The van der Waals surface area contributed by atoms with Gasteiger partial charge in [0.05, 0.1) is 44.5 Å². The van der Waals surface area contributed by atoms with E-state index in [1.54, 1.807) is 121 Å². The molecule has 32 nitrogen and oxygen atoms in total. The molecular weight excluding hydrogens is 1340 g/mol. The highest BCUT2D eigenvalue weighted by Crippen LogP contribution is 2.36. The fourth-order valence-electron chi connectivity index (χ4n) is 10.2. The molecule has 14 rings (SSSR count). The number of H-pyrrole nitrogens is 4. The van der Waals surface area contributed by atoms with Crippen LogP contribution in [-0.4, -0.2) is 171 Å². The molecule has 0 bridgehead atoms. The van der Waals surface area contributed by atoms with E-state index in [-0.39, 0.29) is 55.9 Å². The summed E-state index contributed by atoms with van der Waals surface area (Å²) in [6.07, 6.45) is 0. The average molecular weight is 1390 g/mol. The molecule has 0 fully saturated rings. The van der Waals surface area contributed by atoms with Gasteiger partial charge in [0.25, 0.3) is 0 Å². The highest BCUT2D eigenvalue weighted by atomic mass is 16.4. The van der Waals surface area contributed by atoms with E-state index in [1.807, 2.05) is 60.7 Å². The molecule has 0 aliphatic rings. The van der Waals surface area contributed by atoms with E-state index >= 15 is 0 Å². The Kier molecular flexibility index (Phi) is 20.9. The van der Waals surface area contributed by atoms with Gasteiger partial charge in [-0.1, -0.05) is 97.1 Å². The van der Waals surface area contributed by atoms with Crippen molar-refractivity contribution in [1.29, 1.82) is 0 Å². The number of aromatic nitrogens is 16. The van der Waals surface area contributed by atoms with Gasteiger partial charge in [-0.2, -0.15) is 20.9 Å². The van der Waals surface area contributed by atoms with Crippen molar-refractivity contribution in [3.05, 3.63) is 263 Å². The number of hydrogen-bond acceptors (Lipinski definition) is 20. The van der Waals surface area contributed by atoms with E-state index in [9.17, 15) is 48.6 Å². The lowest BCUT2D eigenvalue weighted by Gasteiger charge is -2.12. The highest BCUT2D eigenvalue weighted by Gasteiger charge is 2.18. The minimum atomic E-state index is -1.22. The Labute approximate surface area is 582 Å². The first-order chi connectivity index (χ1) is 50.1. The summed E-state index contributed by atoms with van der Waals surface area (Å²) in [6.45, 7) is 0. The molecule has 0 aliphatic carbocycles. The summed E-state index contributed by atoms with van der Waals surface area (Å²) in [6, 6.07) is 60.6. The third-order valence-corrected chi connectivity index (χ3v) is 15.4. The Morgan fingerprint density at radius 2 is 0.346 bits per heavy atom. The van der Waals surface area contributed by atoms with Crippen molar-refractivity contribution in [2.24, 2.45) is 0 Å². The number of hydrogen-bond donors (Lipinski definition) is 12. The van der Waals surface area contributed by atoms with Crippen LogP contribution in [0.25, 0.3) is 112 Å². The molecule has 4 heterocycles. The molecule has 0 aliphatic heterocycles. The van der Waals surface area contributed by atoms with Gasteiger partial charge in [-0.3, -0.25) is 0 Å². The Morgan fingerprint density at radius 1 is 0.183 bits per heavy atom. The number of benzene rings is 10. The largest absolute Gasteiger partial charge is 0.478 e. The third-order valence-electron chi connectivity index (χ3n) is 15.4. The van der Waals surface area contributed by atoms with E-state index in [2.05, 4.69) is 82.5 Å². The number of aromatic amines is 4. The van der Waals surface area contributed by atoms with E-state index < -0.39 is 47.8 Å². The topological polar surface area (TPSA) is 516 Å². The van der Waals surface area contributed by atoms with Gasteiger partial charge < -0.3 is 40.9 Å². The second-order valence-electron chi connectivity index (χ2n) is 22.0. The zero-order valence-corrected chi connectivity index (χ0v) is 53.0. The van der Waals surface area contributed by atoms with Gasteiger partial charge in [-0.25, -0.2) is 38.4 Å². The van der Waals surface area contributed by atoms with Crippen LogP contribution < -0.4 is 0 Å². The summed E-state index contributed by atoms with van der Waals surface area (Å²) in [7, 11) is 0. The smallest absolute Gasteiger partial charge is 0.335 e. The van der Waals surface area contributed by atoms with Crippen LogP contribution >= 0.6 is 0 Å². The van der Waals surface area contributed by atoms with Crippen LogP contribution in [0.3, 0.4) is 0 Å². The maximum atomic E-state index is 11.3. The summed E-state index contributed by atoms with van der Waals surface area (Å²) >= 11 is 0. The van der Waals surface area contributed by atoms with Crippen molar-refractivity contribution in [1.82, 2.24) is 82.5 Å². The van der Waals surface area contributed by atoms with E-state index in [4.69, 9.17) is 30.6 Å². The van der Waals surface area contributed by atoms with E-state index in [0.29, 0.717) is 28.6 Å². The maximum absolute atomic E-state index is 11.3. The minimum absolute atomic E-state index is 0.0813. The molecule has 0 amide bonds. The Bertz CT molecular complexity index is 5260. The molecule has 4 aromatic heterocycles. The minimum Gasteiger partial charge on any atom is -0.478 e. The quantitative estimate of drug-likeness (QED) is 0.0380. The van der Waals surface area contributed by atoms with Crippen LogP contribution in [0.5, 0.6) is 0 Å². The molecule has 0 saturated heterocycles. The number of rotatable bonds is 18. The van der Waals surface area contributed by atoms with Gasteiger partial charge in [0.2, 0.25) is 23.3 Å². The van der Waals surface area contributed by atoms with Gasteiger partial charge in [0.15, 0.2) is 0 Å². The van der Waals surface area contributed by atoms with E-state index in [0.717, 1.165) is 84.5 Å². The molecule has 10 aromatic carbocycles. The van der Waals surface area contributed by atoms with Gasteiger partial charge in [0.1, 0.15) is 0 Å². The summed E-state index contributed by atoms with van der Waals surface area (Å²) < 4.78 is 0. The second-order valence-corrected chi connectivity index (χ2v) is 22.0. The predicted molar refractivity (Wildman–Crippen MR) is 367 cm³/mol. The summed E-state index contributed by atoms with van der Waals surface area (Å²) in [5.41, 5.74) is 12.9. The van der Waals surface area contributed by atoms with Crippen LogP contribution in [0.15, 0.2) is 218 Å². The van der Waals surface area contributed by atoms with Crippen molar-refractivity contribution in [3.63, 3.8) is 0 Å². The monoisotopic (exact) mass is 1390 g/mol. The molecule has 0 atom stereocenters. The molecule has 12 N–H and O–H groups in total. The Hall–Kier alpha value is -15.8. The van der Waals surface area contributed by atoms with Crippen LogP contribution in [0.4, 0.5) is 0 Å². The van der Waals surface area contributed by atoms with Gasteiger partial charge >= 0.3 is 47.8 Å². The van der Waals surface area contributed by atoms with Gasteiger partial charge in [-0.05, 0) is 209 Å². The summed E-state index contributed by atoms with van der Waals surface area (Å²) in [4.78, 5) is 88.7. The Balaban J connectivity index is 0.000000143. The maximum Gasteiger partial charge on any atom is 0.335 e. The summed E-state index contributed by atoms with van der Waals surface area (Å²) in [5, 5.41) is 127. The number of tetrazole rings is 4. The normalized spacial score (nSPS) is 10.5. The standard InChI is InChI=1S/C27H18N4O4.C21H14N4O4.C15H10N4O4.C9H6N4O4/c32-26(33)20-9-3-17(4-10-20)23-13-22(16-1-7-19(8-2-16)25-28-30-31-29-25)14-24(15-23)18-5-11-21(12-6-18)27(34)35;26-20(27)14-5-1-12(2-6-14)16-9-17(11-18(10-16)19-22-24-25-23-19)13-3-7-15(8-4-13)21(28)29;20-14(21)11-5-10(6-12(7-11)15(22)23)8-1-3-9(4-2-8)13-16-18-19-17-13;14-8(15)5-1-4(7-10-12-13-11-7)2-6(3-5)9(16)17/h1-15H,(H,32,33)(H,34,35)(H,28,29,30,31);1-11H,(H,26,27)(H,28,29)(H,22,23,24,25);1-7H,(H,20,21)(H,22,23)(H,16,17,18,19);1-3H,(H,14,15)(H,16,17)(H,10,11,12,13). The van der Waals surface area contributed by atoms with Crippen molar-refractivity contribution < 1.29 is 79.2 Å². The molecule has 0 unspecified atom stereocenters. The molecule has 0 radical (unpaired) electrons. The van der Waals surface area contributed by atoms with Crippen LogP contribution in [-0.2, 0) is 0 Å². The van der Waals surface area contributed by atoms with Crippen molar-refractivity contribution in [3.8, 4) is 112 Å². The van der Waals surface area contributed by atoms with Crippen molar-refractivity contribution in [2.75, 3.05) is 0 Å².